The minimum Gasteiger partial charge on any atom is -0.491 e. The molecule has 8 heteroatoms. The third-order valence-electron chi connectivity index (χ3n) is 4.87. The van der Waals surface area contributed by atoms with Crippen LogP contribution in [0.3, 0.4) is 0 Å². The van der Waals surface area contributed by atoms with Gasteiger partial charge in [0.1, 0.15) is 29.1 Å². The van der Waals surface area contributed by atoms with Crippen LogP contribution in [0.1, 0.15) is 27.0 Å². The van der Waals surface area contributed by atoms with Gasteiger partial charge >= 0.3 is 10.1 Å². The van der Waals surface area contributed by atoms with Gasteiger partial charge in [-0.3, -0.25) is 4.79 Å². The van der Waals surface area contributed by atoms with E-state index in [2.05, 4.69) is 5.32 Å². The van der Waals surface area contributed by atoms with Crippen molar-refractivity contribution >= 4 is 16.0 Å². The van der Waals surface area contributed by atoms with Crippen LogP contribution >= 0.6 is 0 Å². The van der Waals surface area contributed by atoms with Crippen molar-refractivity contribution in [3.8, 4) is 11.5 Å². The van der Waals surface area contributed by atoms with Crippen molar-refractivity contribution in [3.05, 3.63) is 89.0 Å². The maximum atomic E-state index is 12.6. The van der Waals surface area contributed by atoms with Crippen molar-refractivity contribution in [2.75, 3.05) is 13.2 Å². The number of ether oxygens (including phenoxy) is 1. The van der Waals surface area contributed by atoms with Gasteiger partial charge in [-0.25, -0.2) is 0 Å². The molecule has 7 nitrogen and oxygen atoms in total. The average Bonchev–Trinajstić information content (AvgIpc) is 2.78. The molecule has 1 amide bonds. The molecule has 0 saturated heterocycles. The van der Waals surface area contributed by atoms with Gasteiger partial charge in [-0.2, -0.15) is 8.42 Å². The van der Waals surface area contributed by atoms with E-state index < -0.39 is 22.1 Å². The summed E-state index contributed by atoms with van der Waals surface area (Å²) in [6.07, 6.45) is -0.889. The molecule has 0 spiro atoms. The van der Waals surface area contributed by atoms with Crippen LogP contribution in [0.15, 0.2) is 71.6 Å². The minimum absolute atomic E-state index is 0.00388. The van der Waals surface area contributed by atoms with Gasteiger partial charge in [0.25, 0.3) is 5.91 Å². The zero-order chi connectivity index (χ0) is 24.0. The molecule has 3 aromatic carbocycles. The van der Waals surface area contributed by atoms with E-state index in [4.69, 9.17) is 8.92 Å². The Hall–Kier alpha value is -3.36. The summed E-state index contributed by atoms with van der Waals surface area (Å²) in [6.45, 7) is 5.48. The number of benzene rings is 3. The first-order chi connectivity index (χ1) is 15.6. The van der Waals surface area contributed by atoms with Crippen LogP contribution in [0, 0.1) is 20.8 Å². The van der Waals surface area contributed by atoms with E-state index in [-0.39, 0.29) is 23.8 Å². The zero-order valence-electron chi connectivity index (χ0n) is 18.7. The number of hydrogen-bond donors (Lipinski definition) is 2. The topological polar surface area (TPSA) is 102 Å². The van der Waals surface area contributed by atoms with E-state index >= 15 is 0 Å². The van der Waals surface area contributed by atoms with Gasteiger partial charge in [0.2, 0.25) is 0 Å². The zero-order valence-corrected chi connectivity index (χ0v) is 19.6. The lowest BCUT2D eigenvalue weighted by atomic mass is 10.2. The summed E-state index contributed by atoms with van der Waals surface area (Å²) in [5, 5.41) is 12.7. The van der Waals surface area contributed by atoms with Crippen molar-refractivity contribution in [3.63, 3.8) is 0 Å². The lowest BCUT2D eigenvalue weighted by Gasteiger charge is -2.14. The van der Waals surface area contributed by atoms with Gasteiger partial charge in [-0.15, -0.1) is 0 Å². The molecule has 0 heterocycles. The number of aliphatic hydroxyl groups is 1. The summed E-state index contributed by atoms with van der Waals surface area (Å²) < 4.78 is 36.0. The van der Waals surface area contributed by atoms with Crippen LogP contribution in [0.2, 0.25) is 0 Å². The summed E-state index contributed by atoms with van der Waals surface area (Å²) in [5.41, 5.74) is 2.74. The van der Waals surface area contributed by atoms with Crippen LogP contribution in [0.5, 0.6) is 11.5 Å². The smallest absolute Gasteiger partial charge is 0.339 e. The molecule has 0 bridgehead atoms. The summed E-state index contributed by atoms with van der Waals surface area (Å²) in [7, 11) is -4.00. The molecule has 3 aromatic rings. The summed E-state index contributed by atoms with van der Waals surface area (Å²) in [5.74, 6) is 0.333. The maximum Gasteiger partial charge on any atom is 0.339 e. The first-order valence-corrected chi connectivity index (χ1v) is 11.8. The highest BCUT2D eigenvalue weighted by atomic mass is 32.2. The van der Waals surface area contributed by atoms with Crippen molar-refractivity contribution in [1.29, 1.82) is 0 Å². The Morgan fingerprint density at radius 1 is 0.939 bits per heavy atom. The first-order valence-electron chi connectivity index (χ1n) is 10.4. The Labute approximate surface area is 194 Å². The lowest BCUT2D eigenvalue weighted by Crippen LogP contribution is -2.35. The molecule has 0 aromatic heterocycles. The van der Waals surface area contributed by atoms with Crippen LogP contribution in [-0.4, -0.2) is 38.7 Å². The van der Waals surface area contributed by atoms with E-state index in [1.807, 2.05) is 31.2 Å². The highest BCUT2D eigenvalue weighted by Crippen LogP contribution is 2.22. The molecular formula is C25H27NO6S. The van der Waals surface area contributed by atoms with Gasteiger partial charge in [-0.05, 0) is 79.9 Å². The molecule has 1 unspecified atom stereocenters. The number of nitrogens with one attached hydrogen (secondary N) is 1. The molecular weight excluding hydrogens is 442 g/mol. The molecule has 33 heavy (non-hydrogen) atoms. The second kappa shape index (κ2) is 10.5. The Morgan fingerprint density at radius 3 is 2.33 bits per heavy atom. The standard InChI is InChI=1S/C25H27NO6S/c1-17-5-4-6-23(13-17)31-16-21(27)15-26-25(28)20-9-11-22(12-10-20)32-33(29,30)24-14-18(2)7-8-19(24)3/h4-14,21,27H,15-16H2,1-3H3,(H,26,28). The van der Waals surface area contributed by atoms with Crippen LogP contribution in [0.4, 0.5) is 0 Å². The lowest BCUT2D eigenvalue weighted by molar-refractivity contribution is 0.0843. The highest BCUT2D eigenvalue weighted by molar-refractivity contribution is 7.87. The average molecular weight is 470 g/mol. The van der Waals surface area contributed by atoms with Crippen molar-refractivity contribution in [2.24, 2.45) is 0 Å². The molecule has 3 rings (SSSR count). The maximum absolute atomic E-state index is 12.6. The van der Waals surface area contributed by atoms with E-state index in [0.29, 0.717) is 16.9 Å². The molecule has 174 valence electrons. The predicted molar refractivity (Wildman–Crippen MR) is 125 cm³/mol. The summed E-state index contributed by atoms with van der Waals surface area (Å²) in [4.78, 5) is 12.4. The number of amides is 1. The van der Waals surface area contributed by atoms with Gasteiger partial charge in [0.15, 0.2) is 0 Å². The van der Waals surface area contributed by atoms with Crippen LogP contribution in [-0.2, 0) is 10.1 Å². The van der Waals surface area contributed by atoms with Crippen molar-refractivity contribution in [2.45, 2.75) is 31.8 Å². The number of carbonyl (C=O) groups excluding carboxylic acids is 1. The SMILES string of the molecule is Cc1cccc(OCC(O)CNC(=O)c2ccc(OS(=O)(=O)c3cc(C)ccc3C)cc2)c1. The van der Waals surface area contributed by atoms with Crippen molar-refractivity contribution in [1.82, 2.24) is 5.32 Å². The quantitative estimate of drug-likeness (QED) is 0.465. The Morgan fingerprint density at radius 2 is 1.64 bits per heavy atom. The molecule has 0 aliphatic carbocycles. The Balaban J connectivity index is 1.53. The number of rotatable bonds is 9. The Kier molecular flexibility index (Phi) is 7.73. The number of carbonyl (C=O) groups is 1. The minimum atomic E-state index is -4.00. The largest absolute Gasteiger partial charge is 0.491 e. The second-order valence-corrected chi connectivity index (χ2v) is 9.34. The highest BCUT2D eigenvalue weighted by Gasteiger charge is 2.20. The first kappa shape index (κ1) is 24.3. The van der Waals surface area contributed by atoms with Gasteiger partial charge in [0.05, 0.1) is 0 Å². The van der Waals surface area contributed by atoms with E-state index in [1.54, 1.807) is 32.0 Å². The fourth-order valence-corrected chi connectivity index (χ4v) is 4.33. The predicted octanol–water partition coefficient (Wildman–Crippen LogP) is 3.55. The molecule has 0 aliphatic heterocycles. The van der Waals surface area contributed by atoms with E-state index in [9.17, 15) is 18.3 Å². The third kappa shape index (κ3) is 6.81. The molecule has 1 atom stereocenters. The van der Waals surface area contributed by atoms with Crippen LogP contribution < -0.4 is 14.2 Å². The van der Waals surface area contributed by atoms with Gasteiger partial charge in [-0.1, -0.05) is 24.3 Å². The number of aryl methyl sites for hydroxylation is 3. The van der Waals surface area contributed by atoms with Crippen molar-refractivity contribution < 1.29 is 27.2 Å². The molecule has 0 saturated carbocycles. The summed E-state index contributed by atoms with van der Waals surface area (Å²) in [6, 6.07) is 18.3. The summed E-state index contributed by atoms with van der Waals surface area (Å²) >= 11 is 0. The van der Waals surface area contributed by atoms with Gasteiger partial charge < -0.3 is 19.3 Å². The molecule has 0 radical (unpaired) electrons. The van der Waals surface area contributed by atoms with Gasteiger partial charge in [0, 0.05) is 12.1 Å². The second-order valence-electron chi connectivity index (χ2n) is 7.82. The normalized spacial score (nSPS) is 12.1. The van der Waals surface area contributed by atoms with E-state index in [0.717, 1.165) is 11.1 Å². The Bertz CT molecular complexity index is 1220. The van der Waals surface area contributed by atoms with E-state index in [1.165, 1.54) is 24.3 Å². The molecule has 0 aliphatic rings. The third-order valence-corrected chi connectivity index (χ3v) is 6.26. The number of hydrogen-bond acceptors (Lipinski definition) is 6. The fraction of sp³-hybridized carbons (Fsp3) is 0.240. The fourth-order valence-electron chi connectivity index (χ4n) is 3.08. The van der Waals surface area contributed by atoms with Crippen LogP contribution in [0.25, 0.3) is 0 Å². The number of aliphatic hydroxyl groups excluding tert-OH is 1. The monoisotopic (exact) mass is 469 g/mol. The molecule has 0 fully saturated rings. The molecule has 2 N–H and O–H groups in total.